The van der Waals surface area contributed by atoms with Crippen molar-refractivity contribution in [1.82, 2.24) is 0 Å². The number of hydrogen-bond donors (Lipinski definition) is 0. The Kier molecular flexibility index (Phi) is 17.0. The summed E-state index contributed by atoms with van der Waals surface area (Å²) in [4.78, 5) is 8.96. The molecule has 47 heavy (non-hydrogen) atoms. The molecule has 2 nitrogen and oxygen atoms in total. The van der Waals surface area contributed by atoms with Crippen LogP contribution in [0.1, 0.15) is 147 Å². The average Bonchev–Trinajstić information content (AvgIpc) is 3.65. The molecule has 2 aromatic heterocycles. The molecule has 0 amide bonds. The normalized spacial score (nSPS) is 12.2. The summed E-state index contributed by atoms with van der Waals surface area (Å²) in [7, 11) is 0. The van der Waals surface area contributed by atoms with Gasteiger partial charge in [-0.3, -0.25) is 0 Å². The second-order valence-electron chi connectivity index (χ2n) is 15.1. The zero-order valence-electron chi connectivity index (χ0n) is 31.0. The van der Waals surface area contributed by atoms with Crippen LogP contribution in [0.5, 0.6) is 11.5 Å². The molecule has 0 radical (unpaired) electrons. The van der Waals surface area contributed by atoms with Crippen molar-refractivity contribution in [2.45, 2.75) is 164 Å². The Labute approximate surface area is 300 Å². The molecule has 262 valence electrons. The fourth-order valence-electron chi connectivity index (χ4n) is 6.81. The summed E-state index contributed by atoms with van der Waals surface area (Å²) in [6.07, 6.45) is 26.9. The molecule has 0 aliphatic heterocycles. The first-order valence-electron chi connectivity index (χ1n) is 19.5. The third-order valence-corrected chi connectivity index (χ3v) is 21.3. The molecule has 2 aromatic carbocycles. The van der Waals surface area contributed by atoms with Crippen LogP contribution in [0.3, 0.4) is 0 Å². The summed E-state index contributed by atoms with van der Waals surface area (Å²) in [5, 5.41) is 5.23. The number of fused-ring (bicyclic) bond motifs is 5. The number of rotatable bonds is 25. The van der Waals surface area contributed by atoms with Crippen molar-refractivity contribution in [3.05, 3.63) is 29.1 Å². The van der Waals surface area contributed by atoms with E-state index in [2.05, 4.69) is 59.9 Å². The van der Waals surface area contributed by atoms with Crippen molar-refractivity contribution < 1.29 is 9.47 Å². The molecule has 0 unspecified atom stereocenters. The first kappa shape index (κ1) is 38.8. The van der Waals surface area contributed by atoms with Gasteiger partial charge in [0.2, 0.25) is 0 Å². The van der Waals surface area contributed by atoms with Gasteiger partial charge in [-0.15, -0.1) is 0 Å². The van der Waals surface area contributed by atoms with Gasteiger partial charge >= 0.3 is 224 Å². The Hall–Kier alpha value is -0.981. The molecule has 5 heteroatoms. The van der Waals surface area contributed by atoms with Crippen LogP contribution in [-0.4, -0.2) is 31.6 Å². The Balaban J connectivity index is 1.46. The van der Waals surface area contributed by atoms with Crippen molar-refractivity contribution in [3.63, 3.8) is 0 Å². The maximum atomic E-state index is 6.75. The first-order chi connectivity index (χ1) is 22.8. The minimum atomic E-state index is -2.27. The van der Waals surface area contributed by atoms with Crippen LogP contribution >= 0.6 is 22.7 Å². The van der Waals surface area contributed by atoms with E-state index in [-0.39, 0.29) is 0 Å². The second kappa shape index (κ2) is 20.6. The van der Waals surface area contributed by atoms with E-state index >= 15 is 0 Å². The standard InChI is InChI=1S/C39H57O2S2.3CH3.Sn/c1-4-6-8-10-12-14-16-18-20-22-25-40-34-29-32-24-27-42-38(32)36-35(30-33-28-31(3)43-39(33)37(34)36)41-26-23-21-19-17-15-13-11-9-7-5-2;;;;/h24,28-30H,4-23,25-26H2,1-3H3;3*1H3;. The van der Waals surface area contributed by atoms with E-state index in [1.165, 1.54) is 151 Å². The quantitative estimate of drug-likeness (QED) is 0.0492. The van der Waals surface area contributed by atoms with Gasteiger partial charge in [-0.1, -0.05) is 78.1 Å². The average molecular weight is 786 g/mol. The Morgan fingerprint density at radius 2 is 0.872 bits per heavy atom. The topological polar surface area (TPSA) is 18.5 Å². The summed E-state index contributed by atoms with van der Waals surface area (Å²) in [6.45, 7) is 8.42. The van der Waals surface area contributed by atoms with Crippen LogP contribution in [0.4, 0.5) is 0 Å². The molecule has 0 saturated heterocycles. The van der Waals surface area contributed by atoms with Crippen LogP contribution < -0.4 is 12.4 Å². The molecule has 0 aliphatic rings. The van der Waals surface area contributed by atoms with E-state index in [9.17, 15) is 0 Å². The van der Waals surface area contributed by atoms with Crippen LogP contribution in [0.25, 0.3) is 30.9 Å². The molecular weight excluding hydrogens is 719 g/mol. The molecule has 4 aromatic rings. The molecule has 0 N–H and O–H groups in total. The van der Waals surface area contributed by atoms with Gasteiger partial charge in [0.15, 0.2) is 0 Å². The molecule has 4 rings (SSSR count). The van der Waals surface area contributed by atoms with Crippen molar-refractivity contribution in [2.24, 2.45) is 0 Å². The fraction of sp³-hybridized carbons (Fsp3) is 0.667. The number of hydrogen-bond acceptors (Lipinski definition) is 4. The Morgan fingerprint density at radius 1 is 0.489 bits per heavy atom. The van der Waals surface area contributed by atoms with Gasteiger partial charge in [-0.25, -0.2) is 0 Å². The monoisotopic (exact) mass is 786 g/mol. The molecule has 2 heterocycles. The third-order valence-electron chi connectivity index (χ3n) is 9.67. The summed E-state index contributed by atoms with van der Waals surface area (Å²) < 4.78 is 17.9. The van der Waals surface area contributed by atoms with Crippen LogP contribution in [-0.2, 0) is 0 Å². The molecule has 0 bridgehead atoms. The van der Waals surface area contributed by atoms with E-state index in [0.29, 0.717) is 0 Å². The van der Waals surface area contributed by atoms with Crippen LogP contribution in [0.2, 0.25) is 14.8 Å². The Bertz CT molecular complexity index is 1450. The number of benzene rings is 2. The maximum absolute atomic E-state index is 6.75. The van der Waals surface area contributed by atoms with Gasteiger partial charge in [0.1, 0.15) is 0 Å². The molecule has 0 saturated carbocycles. The zero-order valence-corrected chi connectivity index (χ0v) is 35.5. The Morgan fingerprint density at radius 3 is 1.30 bits per heavy atom. The number of unbranched alkanes of at least 4 members (excludes halogenated alkanes) is 18. The minimum absolute atomic E-state index is 0.794. The summed E-state index contributed by atoms with van der Waals surface area (Å²) in [5.41, 5.74) is 0. The SMILES string of the molecule is CCCCCCCCCCCCOc1cc2c[c]([Sn]([CH3])([CH3])[CH3])sc2c2c(OCCCCCCCCCCCC)cc3cc(C)sc3c12. The molecule has 0 spiro atoms. The predicted molar refractivity (Wildman–Crippen MR) is 217 cm³/mol. The predicted octanol–water partition coefficient (Wildman–Crippen LogP) is 14.7. The van der Waals surface area contributed by atoms with Gasteiger partial charge in [0, 0.05) is 0 Å². The molecule has 0 aliphatic carbocycles. The van der Waals surface area contributed by atoms with Gasteiger partial charge in [-0.2, -0.15) is 0 Å². The van der Waals surface area contributed by atoms with E-state index in [1.807, 2.05) is 22.7 Å². The van der Waals surface area contributed by atoms with Gasteiger partial charge in [0.25, 0.3) is 0 Å². The van der Waals surface area contributed by atoms with Crippen LogP contribution in [0, 0.1) is 6.92 Å². The van der Waals surface area contributed by atoms with Gasteiger partial charge in [0.05, 0.1) is 0 Å². The van der Waals surface area contributed by atoms with Crippen molar-refractivity contribution >= 4 is 74.9 Å². The first-order valence-corrected chi connectivity index (χ1v) is 31.1. The molecule has 0 atom stereocenters. The molecule has 0 fully saturated rings. The van der Waals surface area contributed by atoms with E-state index in [0.717, 1.165) is 37.6 Å². The zero-order chi connectivity index (χ0) is 33.5. The van der Waals surface area contributed by atoms with E-state index in [1.54, 1.807) is 2.89 Å². The second-order valence-corrected chi connectivity index (χ2v) is 32.8. The summed E-state index contributed by atoms with van der Waals surface area (Å²) in [6, 6.07) is 9.54. The number of thiophene rings is 2. The van der Waals surface area contributed by atoms with E-state index in [4.69, 9.17) is 9.47 Å². The van der Waals surface area contributed by atoms with Gasteiger partial charge in [-0.05, 0) is 0 Å². The van der Waals surface area contributed by atoms with Crippen LogP contribution in [0.15, 0.2) is 24.3 Å². The summed E-state index contributed by atoms with van der Waals surface area (Å²) in [5.74, 6) is 2.13. The fourth-order valence-corrected chi connectivity index (χ4v) is 14.3. The van der Waals surface area contributed by atoms with Crippen molar-refractivity contribution in [1.29, 1.82) is 0 Å². The van der Waals surface area contributed by atoms with Gasteiger partial charge < -0.3 is 0 Å². The third kappa shape index (κ3) is 12.1. The van der Waals surface area contributed by atoms with Crippen molar-refractivity contribution in [3.8, 4) is 11.5 Å². The number of ether oxygens (including phenoxy) is 2. The summed E-state index contributed by atoms with van der Waals surface area (Å²) >= 11 is 1.69. The van der Waals surface area contributed by atoms with E-state index < -0.39 is 18.4 Å². The molecular formula is C42H66O2S2Sn. The van der Waals surface area contributed by atoms with Crippen molar-refractivity contribution in [2.75, 3.05) is 13.2 Å². The number of aryl methyl sites for hydroxylation is 1.